The van der Waals surface area contributed by atoms with Crippen LogP contribution in [0.4, 0.5) is 4.39 Å². The molecule has 0 saturated carbocycles. The molecule has 0 unspecified atom stereocenters. The summed E-state index contributed by atoms with van der Waals surface area (Å²) in [5.74, 6) is 1.09. The molecule has 0 spiro atoms. The standard InChI is InChI=1S/C12H14FN3O/c1-9(2)16-12(14-8-15-16)7-17-11-5-3-10(13)4-6-11/h3-6,8-9H,7H2,1-2H3. The van der Waals surface area contributed by atoms with E-state index < -0.39 is 0 Å². The van der Waals surface area contributed by atoms with Gasteiger partial charge in [0.25, 0.3) is 0 Å². The van der Waals surface area contributed by atoms with Gasteiger partial charge in [-0.2, -0.15) is 5.10 Å². The first-order valence-corrected chi connectivity index (χ1v) is 5.43. The zero-order chi connectivity index (χ0) is 12.3. The minimum absolute atomic E-state index is 0.240. The Morgan fingerprint density at radius 1 is 1.29 bits per heavy atom. The van der Waals surface area contributed by atoms with Crippen molar-refractivity contribution in [2.75, 3.05) is 0 Å². The largest absolute Gasteiger partial charge is 0.486 e. The van der Waals surface area contributed by atoms with Crippen LogP contribution < -0.4 is 4.74 Å². The molecule has 0 atom stereocenters. The Morgan fingerprint density at radius 3 is 2.65 bits per heavy atom. The molecule has 0 bridgehead atoms. The van der Waals surface area contributed by atoms with Crippen molar-refractivity contribution < 1.29 is 9.13 Å². The number of hydrogen-bond donors (Lipinski definition) is 0. The Kier molecular flexibility index (Phi) is 3.37. The van der Waals surface area contributed by atoms with E-state index in [4.69, 9.17) is 4.74 Å². The highest BCUT2D eigenvalue weighted by Crippen LogP contribution is 2.13. The molecule has 2 aromatic rings. The summed E-state index contributed by atoms with van der Waals surface area (Å²) in [6.07, 6.45) is 1.50. The van der Waals surface area contributed by atoms with E-state index in [0.29, 0.717) is 12.4 Å². The number of ether oxygens (including phenoxy) is 1. The molecule has 0 radical (unpaired) electrons. The molecule has 2 rings (SSSR count). The molecule has 17 heavy (non-hydrogen) atoms. The highest BCUT2D eigenvalue weighted by molar-refractivity contribution is 5.22. The van der Waals surface area contributed by atoms with E-state index in [0.717, 1.165) is 5.82 Å². The molecular weight excluding hydrogens is 221 g/mol. The second-order valence-electron chi connectivity index (χ2n) is 3.96. The van der Waals surface area contributed by atoms with E-state index in [1.807, 2.05) is 13.8 Å². The van der Waals surface area contributed by atoms with E-state index in [1.165, 1.54) is 18.5 Å². The van der Waals surface area contributed by atoms with Crippen LogP contribution in [-0.4, -0.2) is 14.8 Å². The van der Waals surface area contributed by atoms with Crippen molar-refractivity contribution in [3.8, 4) is 5.75 Å². The summed E-state index contributed by atoms with van der Waals surface area (Å²) in [5, 5.41) is 4.11. The van der Waals surface area contributed by atoms with Gasteiger partial charge in [-0.25, -0.2) is 14.1 Å². The molecule has 90 valence electrons. The fraction of sp³-hybridized carbons (Fsp3) is 0.333. The van der Waals surface area contributed by atoms with Gasteiger partial charge in [-0.05, 0) is 38.1 Å². The van der Waals surface area contributed by atoms with Crippen LogP contribution in [0.25, 0.3) is 0 Å². The van der Waals surface area contributed by atoms with Crippen molar-refractivity contribution >= 4 is 0 Å². The number of hydrogen-bond acceptors (Lipinski definition) is 3. The lowest BCUT2D eigenvalue weighted by molar-refractivity contribution is 0.282. The predicted octanol–water partition coefficient (Wildman–Crippen LogP) is 2.58. The minimum atomic E-state index is -0.275. The van der Waals surface area contributed by atoms with Gasteiger partial charge in [-0.1, -0.05) is 0 Å². The fourth-order valence-electron chi connectivity index (χ4n) is 1.49. The van der Waals surface area contributed by atoms with Crippen LogP contribution in [0.5, 0.6) is 5.75 Å². The Bertz CT molecular complexity index is 479. The van der Waals surface area contributed by atoms with Crippen molar-refractivity contribution in [1.29, 1.82) is 0 Å². The van der Waals surface area contributed by atoms with Gasteiger partial charge in [0.15, 0.2) is 5.82 Å². The third-order valence-electron chi connectivity index (χ3n) is 2.32. The summed E-state index contributed by atoms with van der Waals surface area (Å²) in [7, 11) is 0. The highest BCUT2D eigenvalue weighted by atomic mass is 19.1. The third kappa shape index (κ3) is 2.81. The molecule has 4 nitrogen and oxygen atoms in total. The number of benzene rings is 1. The lowest BCUT2D eigenvalue weighted by Crippen LogP contribution is -2.10. The van der Waals surface area contributed by atoms with Crippen LogP contribution in [0.2, 0.25) is 0 Å². The Hall–Kier alpha value is -1.91. The van der Waals surface area contributed by atoms with E-state index in [-0.39, 0.29) is 11.9 Å². The molecule has 5 heteroatoms. The van der Waals surface area contributed by atoms with Gasteiger partial charge in [-0.3, -0.25) is 0 Å². The van der Waals surface area contributed by atoms with E-state index in [1.54, 1.807) is 16.8 Å². The van der Waals surface area contributed by atoms with Crippen LogP contribution in [0.15, 0.2) is 30.6 Å². The van der Waals surface area contributed by atoms with Gasteiger partial charge < -0.3 is 4.74 Å². The summed E-state index contributed by atoms with van der Waals surface area (Å²) in [6, 6.07) is 6.14. The number of nitrogens with zero attached hydrogens (tertiary/aromatic N) is 3. The topological polar surface area (TPSA) is 39.9 Å². The van der Waals surface area contributed by atoms with Gasteiger partial charge in [0, 0.05) is 6.04 Å². The van der Waals surface area contributed by atoms with Crippen molar-refractivity contribution in [3.63, 3.8) is 0 Å². The summed E-state index contributed by atoms with van der Waals surface area (Å²) in [4.78, 5) is 4.12. The van der Waals surface area contributed by atoms with Crippen molar-refractivity contribution in [1.82, 2.24) is 14.8 Å². The van der Waals surface area contributed by atoms with Gasteiger partial charge in [0.1, 0.15) is 24.5 Å². The fourth-order valence-corrected chi connectivity index (χ4v) is 1.49. The third-order valence-corrected chi connectivity index (χ3v) is 2.32. The quantitative estimate of drug-likeness (QED) is 0.817. The second kappa shape index (κ2) is 4.95. The molecule has 0 aliphatic carbocycles. The SMILES string of the molecule is CC(C)n1ncnc1COc1ccc(F)cc1. The van der Waals surface area contributed by atoms with Crippen LogP contribution in [0.1, 0.15) is 25.7 Å². The summed E-state index contributed by atoms with van der Waals surface area (Å²) >= 11 is 0. The lowest BCUT2D eigenvalue weighted by atomic mass is 10.3. The zero-order valence-corrected chi connectivity index (χ0v) is 9.80. The van der Waals surface area contributed by atoms with Crippen LogP contribution in [0.3, 0.4) is 0 Å². The first-order chi connectivity index (χ1) is 8.16. The lowest BCUT2D eigenvalue weighted by Gasteiger charge is -2.10. The highest BCUT2D eigenvalue weighted by Gasteiger charge is 2.07. The first kappa shape index (κ1) is 11.6. The Morgan fingerprint density at radius 2 is 2.00 bits per heavy atom. The molecule has 1 aromatic carbocycles. The summed E-state index contributed by atoms with van der Waals surface area (Å²) in [5.41, 5.74) is 0. The maximum absolute atomic E-state index is 12.7. The maximum Gasteiger partial charge on any atom is 0.165 e. The maximum atomic E-state index is 12.7. The van der Waals surface area contributed by atoms with Crippen molar-refractivity contribution in [2.45, 2.75) is 26.5 Å². The van der Waals surface area contributed by atoms with E-state index >= 15 is 0 Å². The second-order valence-corrected chi connectivity index (χ2v) is 3.96. The Labute approximate surface area is 99.1 Å². The smallest absolute Gasteiger partial charge is 0.165 e. The van der Waals surface area contributed by atoms with Crippen LogP contribution in [-0.2, 0) is 6.61 Å². The van der Waals surface area contributed by atoms with Crippen molar-refractivity contribution in [3.05, 3.63) is 42.2 Å². The summed E-state index contributed by atoms with van der Waals surface area (Å²) < 4.78 is 20.0. The first-order valence-electron chi connectivity index (χ1n) is 5.43. The minimum Gasteiger partial charge on any atom is -0.486 e. The average Bonchev–Trinajstić information content (AvgIpc) is 2.76. The molecule has 0 aliphatic rings. The summed E-state index contributed by atoms with van der Waals surface area (Å²) in [6.45, 7) is 4.37. The zero-order valence-electron chi connectivity index (χ0n) is 9.80. The number of aromatic nitrogens is 3. The van der Waals surface area contributed by atoms with E-state index in [9.17, 15) is 4.39 Å². The molecule has 0 fully saturated rings. The van der Waals surface area contributed by atoms with Gasteiger partial charge >= 0.3 is 0 Å². The molecule has 0 saturated heterocycles. The van der Waals surface area contributed by atoms with Crippen molar-refractivity contribution in [2.24, 2.45) is 0 Å². The molecular formula is C12H14FN3O. The number of rotatable bonds is 4. The van der Waals surface area contributed by atoms with Crippen LogP contribution >= 0.6 is 0 Å². The van der Waals surface area contributed by atoms with Gasteiger partial charge in [-0.15, -0.1) is 0 Å². The Balaban J connectivity index is 2.02. The molecule has 1 aromatic heterocycles. The normalized spacial score (nSPS) is 10.8. The average molecular weight is 235 g/mol. The van der Waals surface area contributed by atoms with Gasteiger partial charge in [0.2, 0.25) is 0 Å². The molecule has 0 N–H and O–H groups in total. The van der Waals surface area contributed by atoms with E-state index in [2.05, 4.69) is 10.1 Å². The molecule has 1 heterocycles. The number of halogens is 1. The van der Waals surface area contributed by atoms with Crippen LogP contribution in [0, 0.1) is 5.82 Å². The van der Waals surface area contributed by atoms with Gasteiger partial charge in [0.05, 0.1) is 0 Å². The molecule has 0 amide bonds. The monoisotopic (exact) mass is 235 g/mol. The molecule has 0 aliphatic heterocycles. The predicted molar refractivity (Wildman–Crippen MR) is 61.1 cm³/mol.